The van der Waals surface area contributed by atoms with E-state index in [9.17, 15) is 9.90 Å². The molecule has 0 amide bonds. The van der Waals surface area contributed by atoms with Gasteiger partial charge < -0.3 is 5.11 Å². The van der Waals surface area contributed by atoms with Crippen LogP contribution in [0.25, 0.3) is 0 Å². The van der Waals surface area contributed by atoms with Gasteiger partial charge in [0.25, 0.3) is 0 Å². The second kappa shape index (κ2) is 4.90. The van der Waals surface area contributed by atoms with Crippen LogP contribution >= 0.6 is 15.9 Å². The van der Waals surface area contributed by atoms with E-state index in [1.54, 1.807) is 10.9 Å². The Morgan fingerprint density at radius 2 is 2.24 bits per heavy atom. The van der Waals surface area contributed by atoms with Crippen LogP contribution in [0, 0.1) is 0 Å². The number of carbonyl (C=O) groups excluding carboxylic acids is 1. The summed E-state index contributed by atoms with van der Waals surface area (Å²) in [4.78, 5) is 12.4. The standard InChI is InChI=1S/C12H17BrN2O2/c1-2-7-15-10(9(13)8-14-15)11(16)12(17)5-3-4-6-12/h8,17H,2-7H2,1H3. The summed E-state index contributed by atoms with van der Waals surface area (Å²) in [6, 6.07) is 0. The fraction of sp³-hybridized carbons (Fsp3) is 0.667. The van der Waals surface area contributed by atoms with Crippen LogP contribution in [0.3, 0.4) is 0 Å². The van der Waals surface area contributed by atoms with Crippen molar-refractivity contribution in [3.05, 3.63) is 16.4 Å². The molecule has 0 saturated heterocycles. The molecule has 0 atom stereocenters. The molecule has 0 unspecified atom stereocenters. The molecule has 4 nitrogen and oxygen atoms in total. The molecule has 1 aromatic rings. The van der Waals surface area contributed by atoms with Gasteiger partial charge >= 0.3 is 0 Å². The quantitative estimate of drug-likeness (QED) is 0.870. The normalized spacial score (nSPS) is 18.5. The van der Waals surface area contributed by atoms with Crippen molar-refractivity contribution in [2.75, 3.05) is 0 Å². The molecule has 17 heavy (non-hydrogen) atoms. The molecular weight excluding hydrogens is 284 g/mol. The van der Waals surface area contributed by atoms with Gasteiger partial charge in [0, 0.05) is 6.54 Å². The molecule has 94 valence electrons. The van der Waals surface area contributed by atoms with Crippen LogP contribution in [0.5, 0.6) is 0 Å². The first-order valence-electron chi connectivity index (χ1n) is 6.07. The number of aliphatic hydroxyl groups is 1. The highest BCUT2D eigenvalue weighted by atomic mass is 79.9. The molecule has 0 aromatic carbocycles. The lowest BCUT2D eigenvalue weighted by atomic mass is 9.94. The van der Waals surface area contributed by atoms with E-state index < -0.39 is 5.60 Å². The average Bonchev–Trinajstić information content (AvgIpc) is 2.87. The molecule has 0 spiro atoms. The van der Waals surface area contributed by atoms with Gasteiger partial charge in [-0.15, -0.1) is 0 Å². The van der Waals surface area contributed by atoms with Gasteiger partial charge in [-0.3, -0.25) is 9.48 Å². The lowest BCUT2D eigenvalue weighted by molar-refractivity contribution is 0.0341. The number of rotatable bonds is 4. The summed E-state index contributed by atoms with van der Waals surface area (Å²) in [6.45, 7) is 2.73. The molecule has 2 rings (SSSR count). The highest BCUT2D eigenvalue weighted by Crippen LogP contribution is 2.34. The minimum absolute atomic E-state index is 0.187. The Balaban J connectivity index is 2.32. The second-order valence-electron chi connectivity index (χ2n) is 4.63. The zero-order valence-electron chi connectivity index (χ0n) is 9.95. The van der Waals surface area contributed by atoms with Crippen molar-refractivity contribution in [1.29, 1.82) is 0 Å². The lowest BCUT2D eigenvalue weighted by Crippen LogP contribution is -2.37. The molecule has 1 aliphatic rings. The third-order valence-corrected chi connectivity index (χ3v) is 3.88. The lowest BCUT2D eigenvalue weighted by Gasteiger charge is -2.21. The van der Waals surface area contributed by atoms with Crippen molar-refractivity contribution in [3.63, 3.8) is 0 Å². The Morgan fingerprint density at radius 1 is 1.59 bits per heavy atom. The van der Waals surface area contributed by atoms with Crippen molar-refractivity contribution in [3.8, 4) is 0 Å². The Hall–Kier alpha value is -0.680. The molecule has 5 heteroatoms. The average molecular weight is 301 g/mol. The van der Waals surface area contributed by atoms with Crippen LogP contribution in [-0.2, 0) is 6.54 Å². The predicted molar refractivity (Wildman–Crippen MR) is 68.0 cm³/mol. The zero-order valence-corrected chi connectivity index (χ0v) is 11.5. The van der Waals surface area contributed by atoms with E-state index in [0.29, 0.717) is 29.6 Å². The third kappa shape index (κ3) is 2.31. The monoisotopic (exact) mass is 300 g/mol. The number of Topliss-reactive ketones (excluding diaryl/α,β-unsaturated/α-hetero) is 1. The Bertz CT molecular complexity index is 422. The largest absolute Gasteiger partial charge is 0.382 e. The number of aromatic nitrogens is 2. The maximum Gasteiger partial charge on any atom is 0.213 e. The number of hydrogen-bond donors (Lipinski definition) is 1. The van der Waals surface area contributed by atoms with Gasteiger partial charge in [-0.1, -0.05) is 6.92 Å². The molecule has 1 N–H and O–H groups in total. The number of halogens is 1. The van der Waals surface area contributed by atoms with Gasteiger partial charge in [-0.05, 0) is 48.0 Å². The molecular formula is C12H17BrN2O2. The summed E-state index contributed by atoms with van der Waals surface area (Å²) in [5, 5.41) is 14.5. The molecule has 1 saturated carbocycles. The van der Waals surface area contributed by atoms with Crippen LogP contribution in [-0.4, -0.2) is 26.3 Å². The molecule has 1 fully saturated rings. The molecule has 1 aliphatic carbocycles. The van der Waals surface area contributed by atoms with E-state index in [1.807, 2.05) is 6.92 Å². The van der Waals surface area contributed by atoms with Crippen molar-refractivity contribution in [1.82, 2.24) is 9.78 Å². The van der Waals surface area contributed by atoms with E-state index in [-0.39, 0.29) is 5.78 Å². The van der Waals surface area contributed by atoms with Crippen LogP contribution < -0.4 is 0 Å². The number of nitrogens with zero attached hydrogens (tertiary/aromatic N) is 2. The van der Waals surface area contributed by atoms with Gasteiger partial charge in [-0.25, -0.2) is 0 Å². The smallest absolute Gasteiger partial charge is 0.213 e. The number of carbonyl (C=O) groups is 1. The van der Waals surface area contributed by atoms with Gasteiger partial charge in [-0.2, -0.15) is 5.10 Å². The zero-order chi connectivity index (χ0) is 12.5. The number of ketones is 1. The van der Waals surface area contributed by atoms with Crippen LogP contribution in [0.1, 0.15) is 49.5 Å². The van der Waals surface area contributed by atoms with Gasteiger partial charge in [0.05, 0.1) is 10.7 Å². The minimum Gasteiger partial charge on any atom is -0.382 e. The van der Waals surface area contributed by atoms with Crippen molar-refractivity contribution in [2.24, 2.45) is 0 Å². The summed E-state index contributed by atoms with van der Waals surface area (Å²) in [5.74, 6) is -0.187. The number of hydrogen-bond acceptors (Lipinski definition) is 3. The number of aryl methyl sites for hydroxylation is 1. The molecule has 0 aliphatic heterocycles. The summed E-state index contributed by atoms with van der Waals surface area (Å²) >= 11 is 3.34. The van der Waals surface area contributed by atoms with Crippen LogP contribution in [0.4, 0.5) is 0 Å². The Labute approximate surface area is 109 Å². The maximum absolute atomic E-state index is 12.4. The molecule has 0 bridgehead atoms. The highest BCUT2D eigenvalue weighted by molar-refractivity contribution is 9.10. The molecule has 1 heterocycles. The van der Waals surface area contributed by atoms with E-state index >= 15 is 0 Å². The van der Waals surface area contributed by atoms with Gasteiger partial charge in [0.1, 0.15) is 11.3 Å². The first-order valence-corrected chi connectivity index (χ1v) is 6.86. The molecule has 1 aromatic heterocycles. The van der Waals surface area contributed by atoms with E-state index in [0.717, 1.165) is 19.3 Å². The summed E-state index contributed by atoms with van der Waals surface area (Å²) < 4.78 is 2.36. The first-order chi connectivity index (χ1) is 8.08. The third-order valence-electron chi connectivity index (χ3n) is 3.30. The fourth-order valence-electron chi connectivity index (χ4n) is 2.38. The van der Waals surface area contributed by atoms with E-state index in [1.165, 1.54) is 0 Å². The highest BCUT2D eigenvalue weighted by Gasteiger charge is 2.41. The summed E-state index contributed by atoms with van der Waals surface area (Å²) in [7, 11) is 0. The summed E-state index contributed by atoms with van der Waals surface area (Å²) in [5.41, 5.74) is -0.662. The van der Waals surface area contributed by atoms with Crippen molar-refractivity contribution in [2.45, 2.75) is 51.2 Å². The fourth-order valence-corrected chi connectivity index (χ4v) is 2.85. The SMILES string of the molecule is CCCn1ncc(Br)c1C(=O)C1(O)CCCC1. The molecule has 0 radical (unpaired) electrons. The second-order valence-corrected chi connectivity index (χ2v) is 5.49. The van der Waals surface area contributed by atoms with Crippen molar-refractivity contribution >= 4 is 21.7 Å². The maximum atomic E-state index is 12.4. The van der Waals surface area contributed by atoms with E-state index in [2.05, 4.69) is 21.0 Å². The van der Waals surface area contributed by atoms with Gasteiger partial charge in [0.2, 0.25) is 5.78 Å². The summed E-state index contributed by atoms with van der Waals surface area (Å²) in [6.07, 6.45) is 5.50. The van der Waals surface area contributed by atoms with Crippen LogP contribution in [0.15, 0.2) is 10.7 Å². The van der Waals surface area contributed by atoms with E-state index in [4.69, 9.17) is 0 Å². The topological polar surface area (TPSA) is 55.1 Å². The minimum atomic E-state index is -1.17. The predicted octanol–water partition coefficient (Wildman–Crippen LogP) is 2.54. The Kier molecular flexibility index (Phi) is 3.68. The Morgan fingerprint density at radius 3 is 2.82 bits per heavy atom. The first kappa shape index (κ1) is 12.8. The van der Waals surface area contributed by atoms with Crippen molar-refractivity contribution < 1.29 is 9.90 Å². The van der Waals surface area contributed by atoms with Crippen LogP contribution in [0.2, 0.25) is 0 Å². The van der Waals surface area contributed by atoms with Gasteiger partial charge in [0.15, 0.2) is 0 Å².